The molecule has 0 aromatic carbocycles. The molecule has 0 heteroatoms. The first-order valence-electron chi connectivity index (χ1n) is 5.32. The summed E-state index contributed by atoms with van der Waals surface area (Å²) in [6.45, 7) is 2.62. The molecule has 5 aliphatic rings. The maximum absolute atomic E-state index is 2.62. The van der Waals surface area contributed by atoms with Crippen LogP contribution >= 0.6 is 0 Å². The minimum absolute atomic E-state index is 0.870. The molecule has 0 heterocycles. The lowest BCUT2D eigenvalue weighted by Crippen LogP contribution is -2.23. The van der Waals surface area contributed by atoms with Gasteiger partial charge in [-0.05, 0) is 60.7 Å². The Labute approximate surface area is 68.4 Å². The van der Waals surface area contributed by atoms with Crippen LogP contribution in [0.15, 0.2) is 0 Å². The van der Waals surface area contributed by atoms with E-state index >= 15 is 0 Å². The molecule has 4 unspecified atom stereocenters. The Hall–Kier alpha value is 0. The highest BCUT2D eigenvalue weighted by atomic mass is 14.8. The van der Waals surface area contributed by atoms with Crippen molar-refractivity contribution >= 4 is 0 Å². The zero-order chi connectivity index (χ0) is 7.22. The molecular weight excluding hydrogens is 132 g/mol. The quantitative estimate of drug-likeness (QED) is 0.495. The third kappa shape index (κ3) is 0.346. The minimum Gasteiger partial charge on any atom is -0.0588 e. The van der Waals surface area contributed by atoms with Crippen molar-refractivity contribution in [1.29, 1.82) is 0 Å². The second kappa shape index (κ2) is 1.30. The first-order valence-corrected chi connectivity index (χ1v) is 5.32. The number of hydrogen-bond acceptors (Lipinski definition) is 0. The predicted molar refractivity (Wildman–Crippen MR) is 44.0 cm³/mol. The molecule has 0 spiro atoms. The summed E-state index contributed by atoms with van der Waals surface area (Å²) < 4.78 is 0. The summed E-state index contributed by atoms with van der Waals surface area (Å²) in [6.07, 6.45) is 6.45. The van der Waals surface area contributed by atoms with E-state index in [9.17, 15) is 0 Å². The maximum Gasteiger partial charge on any atom is -0.0235 e. The van der Waals surface area contributed by atoms with Gasteiger partial charge in [-0.15, -0.1) is 0 Å². The van der Waals surface area contributed by atoms with Crippen molar-refractivity contribution in [3.8, 4) is 0 Å². The average molecular weight is 148 g/mol. The molecule has 6 bridgehead atoms. The Morgan fingerprint density at radius 3 is 1.91 bits per heavy atom. The van der Waals surface area contributed by atoms with E-state index in [0.717, 1.165) is 5.41 Å². The van der Waals surface area contributed by atoms with E-state index in [1.807, 2.05) is 0 Å². The lowest BCUT2D eigenvalue weighted by molar-refractivity contribution is 0.197. The predicted octanol–water partition coefficient (Wildman–Crippen LogP) is 2.69. The van der Waals surface area contributed by atoms with E-state index < -0.39 is 0 Å². The molecular formula is C11H16. The Kier molecular flexibility index (Phi) is 0.661. The summed E-state index contributed by atoms with van der Waals surface area (Å²) >= 11 is 0. The molecule has 0 nitrogen and oxygen atoms in total. The van der Waals surface area contributed by atoms with Gasteiger partial charge in [0, 0.05) is 0 Å². The van der Waals surface area contributed by atoms with Gasteiger partial charge in [0.15, 0.2) is 0 Å². The van der Waals surface area contributed by atoms with Gasteiger partial charge in [0.05, 0.1) is 0 Å². The third-order valence-electron chi connectivity index (χ3n) is 5.96. The van der Waals surface area contributed by atoms with E-state index in [4.69, 9.17) is 0 Å². The average Bonchev–Trinajstić information content (AvgIpc) is 2.61. The second-order valence-corrected chi connectivity index (χ2v) is 5.65. The monoisotopic (exact) mass is 148 g/mol. The van der Waals surface area contributed by atoms with E-state index in [1.165, 1.54) is 29.6 Å². The van der Waals surface area contributed by atoms with Crippen molar-refractivity contribution in [3.05, 3.63) is 0 Å². The van der Waals surface area contributed by atoms with E-state index in [1.54, 1.807) is 25.7 Å². The molecule has 5 rings (SSSR count). The fourth-order valence-electron chi connectivity index (χ4n) is 5.75. The molecule has 5 fully saturated rings. The summed E-state index contributed by atoms with van der Waals surface area (Å²) in [6, 6.07) is 0. The van der Waals surface area contributed by atoms with Gasteiger partial charge in [0.25, 0.3) is 0 Å². The molecule has 0 radical (unpaired) electrons. The Morgan fingerprint density at radius 1 is 1.00 bits per heavy atom. The highest BCUT2D eigenvalue weighted by Crippen LogP contribution is 2.80. The van der Waals surface area contributed by atoms with Crippen LogP contribution in [0.1, 0.15) is 32.6 Å². The van der Waals surface area contributed by atoms with Crippen molar-refractivity contribution in [2.75, 3.05) is 0 Å². The largest absolute Gasteiger partial charge is 0.0588 e. The van der Waals surface area contributed by atoms with Crippen LogP contribution in [0.5, 0.6) is 0 Å². The van der Waals surface area contributed by atoms with Crippen molar-refractivity contribution in [2.45, 2.75) is 32.6 Å². The molecule has 0 N–H and O–H groups in total. The minimum atomic E-state index is 0.870. The smallest absolute Gasteiger partial charge is 0.0235 e. The van der Waals surface area contributed by atoms with Crippen molar-refractivity contribution in [2.24, 2.45) is 35.0 Å². The Balaban J connectivity index is 2.00. The van der Waals surface area contributed by atoms with Crippen LogP contribution in [0.3, 0.4) is 0 Å². The third-order valence-corrected chi connectivity index (χ3v) is 5.96. The van der Waals surface area contributed by atoms with E-state index in [2.05, 4.69) is 6.92 Å². The number of hydrogen-bond donors (Lipinski definition) is 0. The van der Waals surface area contributed by atoms with Gasteiger partial charge < -0.3 is 0 Å². The van der Waals surface area contributed by atoms with Crippen molar-refractivity contribution < 1.29 is 0 Å². The second-order valence-electron chi connectivity index (χ2n) is 5.65. The standard InChI is InChI=1S/C11H16/c1-11-6-4-7-8(5-6)10(11)3-2-9(7)11/h6-10H,2-5H2,1H3. The van der Waals surface area contributed by atoms with Gasteiger partial charge in [0.2, 0.25) is 0 Å². The van der Waals surface area contributed by atoms with Gasteiger partial charge >= 0.3 is 0 Å². The van der Waals surface area contributed by atoms with Crippen LogP contribution in [-0.2, 0) is 0 Å². The summed E-state index contributed by atoms with van der Waals surface area (Å²) in [7, 11) is 0. The van der Waals surface area contributed by atoms with Crippen molar-refractivity contribution in [1.82, 2.24) is 0 Å². The first-order chi connectivity index (χ1) is 5.32. The van der Waals surface area contributed by atoms with Crippen LogP contribution in [0.2, 0.25) is 0 Å². The maximum atomic E-state index is 2.62. The topological polar surface area (TPSA) is 0 Å². The zero-order valence-corrected chi connectivity index (χ0v) is 7.22. The molecule has 60 valence electrons. The van der Waals surface area contributed by atoms with Crippen LogP contribution in [0.25, 0.3) is 0 Å². The molecule has 0 amide bonds. The van der Waals surface area contributed by atoms with Gasteiger partial charge in [-0.25, -0.2) is 0 Å². The van der Waals surface area contributed by atoms with Crippen LogP contribution < -0.4 is 0 Å². The summed E-state index contributed by atoms with van der Waals surface area (Å²) in [5.41, 5.74) is 0.870. The molecule has 0 aliphatic heterocycles. The first kappa shape index (κ1) is 5.61. The molecule has 5 aliphatic carbocycles. The Bertz CT molecular complexity index is 210. The Morgan fingerprint density at radius 2 is 1.55 bits per heavy atom. The van der Waals surface area contributed by atoms with E-state index in [0.29, 0.717) is 0 Å². The molecule has 0 saturated heterocycles. The molecule has 4 atom stereocenters. The van der Waals surface area contributed by atoms with Crippen LogP contribution in [0, 0.1) is 35.0 Å². The summed E-state index contributed by atoms with van der Waals surface area (Å²) in [4.78, 5) is 0. The molecule has 0 aromatic heterocycles. The van der Waals surface area contributed by atoms with Crippen LogP contribution in [-0.4, -0.2) is 0 Å². The lowest BCUT2D eigenvalue weighted by Gasteiger charge is -2.28. The molecule has 11 heavy (non-hydrogen) atoms. The van der Waals surface area contributed by atoms with Crippen LogP contribution in [0.4, 0.5) is 0 Å². The van der Waals surface area contributed by atoms with Gasteiger partial charge in [-0.2, -0.15) is 0 Å². The fraction of sp³-hybridized carbons (Fsp3) is 1.00. The SMILES string of the molecule is CC12C3CC4C(C3)C1CCC42. The summed E-state index contributed by atoms with van der Waals surface area (Å²) in [5, 5.41) is 0. The zero-order valence-electron chi connectivity index (χ0n) is 7.22. The summed E-state index contributed by atoms with van der Waals surface area (Å²) in [5.74, 6) is 5.98. The normalized spacial score (nSPS) is 75.5. The van der Waals surface area contributed by atoms with Gasteiger partial charge in [-0.3, -0.25) is 0 Å². The van der Waals surface area contributed by atoms with E-state index in [-0.39, 0.29) is 0 Å². The highest BCUT2D eigenvalue weighted by molar-refractivity contribution is 5.21. The van der Waals surface area contributed by atoms with Gasteiger partial charge in [-0.1, -0.05) is 6.92 Å². The number of rotatable bonds is 0. The fourth-order valence-corrected chi connectivity index (χ4v) is 5.75. The highest BCUT2D eigenvalue weighted by Gasteiger charge is 2.73. The lowest BCUT2D eigenvalue weighted by atomic mass is 9.76. The van der Waals surface area contributed by atoms with Gasteiger partial charge in [0.1, 0.15) is 0 Å². The molecule has 5 saturated carbocycles. The molecule has 0 aromatic rings. The van der Waals surface area contributed by atoms with Crippen molar-refractivity contribution in [3.63, 3.8) is 0 Å².